The SMILES string of the molecule is COCCCN1C(=O)C(=O)C(=C(O)c2ccc(OC(C)C)cc2)[C@@H]1c1ccc(O)c(OC)c1. The molecular formula is C25H29NO7. The number of methoxy groups -OCH3 is 2. The number of aliphatic hydroxyl groups excluding tert-OH is 1. The maximum atomic E-state index is 13.0. The Morgan fingerprint density at radius 1 is 1.09 bits per heavy atom. The van der Waals surface area contributed by atoms with Crippen molar-refractivity contribution >= 4 is 17.4 Å². The number of ketones is 1. The average molecular weight is 456 g/mol. The molecule has 0 aliphatic carbocycles. The average Bonchev–Trinajstić information content (AvgIpc) is 3.04. The van der Waals surface area contributed by atoms with Crippen molar-refractivity contribution in [3.8, 4) is 17.2 Å². The molecule has 3 rings (SSSR count). The predicted molar refractivity (Wildman–Crippen MR) is 122 cm³/mol. The number of nitrogens with zero attached hydrogens (tertiary/aromatic N) is 1. The van der Waals surface area contributed by atoms with Crippen LogP contribution in [0.5, 0.6) is 17.2 Å². The Bertz CT molecular complexity index is 1040. The van der Waals surface area contributed by atoms with Gasteiger partial charge in [0.15, 0.2) is 11.5 Å². The van der Waals surface area contributed by atoms with Crippen molar-refractivity contribution in [1.29, 1.82) is 0 Å². The Morgan fingerprint density at radius 2 is 1.79 bits per heavy atom. The van der Waals surface area contributed by atoms with Crippen LogP contribution in [-0.4, -0.2) is 60.3 Å². The Hall–Kier alpha value is -3.52. The molecule has 2 N–H and O–H groups in total. The van der Waals surface area contributed by atoms with Crippen LogP contribution in [0.1, 0.15) is 37.4 Å². The minimum Gasteiger partial charge on any atom is -0.507 e. The third-order valence-electron chi connectivity index (χ3n) is 5.31. The number of Topliss-reactive ketones (excluding diaryl/α,β-unsaturated/α-hetero) is 1. The molecular weight excluding hydrogens is 426 g/mol. The number of phenols is 1. The fourth-order valence-electron chi connectivity index (χ4n) is 3.82. The van der Waals surface area contributed by atoms with Crippen molar-refractivity contribution in [3.63, 3.8) is 0 Å². The Balaban J connectivity index is 2.09. The van der Waals surface area contributed by atoms with Gasteiger partial charge in [-0.25, -0.2) is 0 Å². The van der Waals surface area contributed by atoms with E-state index in [9.17, 15) is 19.8 Å². The monoisotopic (exact) mass is 455 g/mol. The van der Waals surface area contributed by atoms with Gasteiger partial charge < -0.3 is 29.3 Å². The first-order chi connectivity index (χ1) is 15.8. The third kappa shape index (κ3) is 5.12. The Morgan fingerprint density at radius 3 is 2.39 bits per heavy atom. The van der Waals surface area contributed by atoms with Crippen molar-refractivity contribution in [3.05, 3.63) is 59.2 Å². The van der Waals surface area contributed by atoms with Crippen LogP contribution in [-0.2, 0) is 14.3 Å². The molecule has 0 unspecified atom stereocenters. The number of phenolic OH excluding ortho intramolecular Hbond substituents is 1. The first-order valence-electron chi connectivity index (χ1n) is 10.7. The van der Waals surface area contributed by atoms with E-state index in [4.69, 9.17) is 14.2 Å². The molecule has 1 saturated heterocycles. The summed E-state index contributed by atoms with van der Waals surface area (Å²) in [6.07, 6.45) is 0.502. The van der Waals surface area contributed by atoms with Gasteiger partial charge in [0.05, 0.1) is 24.8 Å². The van der Waals surface area contributed by atoms with E-state index in [2.05, 4.69) is 0 Å². The molecule has 33 heavy (non-hydrogen) atoms. The normalized spacial score (nSPS) is 17.6. The van der Waals surface area contributed by atoms with E-state index in [-0.39, 0.29) is 35.5 Å². The number of carbonyl (C=O) groups excluding carboxylic acids is 2. The number of amides is 1. The van der Waals surface area contributed by atoms with Gasteiger partial charge in [0, 0.05) is 25.8 Å². The van der Waals surface area contributed by atoms with Gasteiger partial charge in [-0.2, -0.15) is 0 Å². The number of likely N-dealkylation sites (tertiary alicyclic amines) is 1. The summed E-state index contributed by atoms with van der Waals surface area (Å²) in [5.74, 6) is -1.01. The predicted octanol–water partition coefficient (Wildman–Crippen LogP) is 3.65. The second-order valence-corrected chi connectivity index (χ2v) is 7.96. The molecule has 0 bridgehead atoms. The quantitative estimate of drug-likeness (QED) is 0.257. The van der Waals surface area contributed by atoms with Gasteiger partial charge in [-0.05, 0) is 62.2 Å². The molecule has 176 valence electrons. The van der Waals surface area contributed by atoms with E-state index in [1.165, 1.54) is 18.1 Å². The lowest BCUT2D eigenvalue weighted by Gasteiger charge is -2.25. The van der Waals surface area contributed by atoms with E-state index >= 15 is 0 Å². The summed E-state index contributed by atoms with van der Waals surface area (Å²) in [5, 5.41) is 21.1. The minimum absolute atomic E-state index is 0.00801. The summed E-state index contributed by atoms with van der Waals surface area (Å²) in [6, 6.07) is 10.4. The van der Waals surface area contributed by atoms with Crippen LogP contribution in [0.15, 0.2) is 48.0 Å². The van der Waals surface area contributed by atoms with E-state index in [0.717, 1.165) is 0 Å². The van der Waals surface area contributed by atoms with Crippen molar-refractivity contribution in [1.82, 2.24) is 4.90 Å². The standard InChI is InChI=1S/C25H29NO7/c1-15(2)33-18-9-6-16(7-10-18)23(28)21-22(17-8-11-19(27)20(14-17)32-4)26(12-5-13-31-3)25(30)24(21)29/h6-11,14-15,22,27-28H,5,12-13H2,1-4H3/t22-/m0/s1. The third-order valence-corrected chi connectivity index (χ3v) is 5.31. The topological polar surface area (TPSA) is 106 Å². The number of ether oxygens (including phenoxy) is 3. The number of hydrogen-bond acceptors (Lipinski definition) is 7. The molecule has 0 spiro atoms. The summed E-state index contributed by atoms with van der Waals surface area (Å²) in [7, 11) is 2.97. The smallest absolute Gasteiger partial charge is 0.295 e. The molecule has 1 amide bonds. The van der Waals surface area contributed by atoms with Crippen LogP contribution < -0.4 is 9.47 Å². The zero-order valence-electron chi connectivity index (χ0n) is 19.2. The van der Waals surface area contributed by atoms with Crippen LogP contribution in [0.25, 0.3) is 5.76 Å². The lowest BCUT2D eigenvalue weighted by Crippen LogP contribution is -2.31. The van der Waals surface area contributed by atoms with Gasteiger partial charge in [-0.1, -0.05) is 6.07 Å². The van der Waals surface area contributed by atoms with Gasteiger partial charge in [0.1, 0.15) is 11.5 Å². The minimum atomic E-state index is -0.844. The number of benzene rings is 2. The highest BCUT2D eigenvalue weighted by Gasteiger charge is 2.46. The van der Waals surface area contributed by atoms with Gasteiger partial charge in [-0.3, -0.25) is 9.59 Å². The van der Waals surface area contributed by atoms with Crippen LogP contribution >= 0.6 is 0 Å². The molecule has 1 aliphatic heterocycles. The summed E-state index contributed by atoms with van der Waals surface area (Å²) in [4.78, 5) is 27.4. The molecule has 1 aliphatic rings. The number of aliphatic hydroxyl groups is 1. The van der Waals surface area contributed by atoms with Crippen LogP contribution in [0, 0.1) is 0 Å². The first-order valence-corrected chi connectivity index (χ1v) is 10.7. The summed E-state index contributed by atoms with van der Waals surface area (Å²) < 4.78 is 15.9. The first kappa shape index (κ1) is 24.1. The molecule has 2 aromatic rings. The van der Waals surface area contributed by atoms with E-state index in [1.807, 2.05) is 13.8 Å². The molecule has 8 heteroatoms. The molecule has 2 aromatic carbocycles. The zero-order valence-corrected chi connectivity index (χ0v) is 19.2. The molecule has 0 aromatic heterocycles. The number of rotatable bonds is 9. The van der Waals surface area contributed by atoms with Gasteiger partial charge >= 0.3 is 0 Å². The van der Waals surface area contributed by atoms with Crippen LogP contribution in [0.3, 0.4) is 0 Å². The van der Waals surface area contributed by atoms with Gasteiger partial charge in [-0.15, -0.1) is 0 Å². The van der Waals surface area contributed by atoms with Gasteiger partial charge in [0.25, 0.3) is 11.7 Å². The summed E-state index contributed by atoms with van der Waals surface area (Å²) >= 11 is 0. The van der Waals surface area contributed by atoms with Crippen LogP contribution in [0.2, 0.25) is 0 Å². The summed E-state index contributed by atoms with van der Waals surface area (Å²) in [5.41, 5.74) is 0.891. The van der Waals surface area contributed by atoms with E-state index in [0.29, 0.717) is 29.9 Å². The Kier molecular flexibility index (Phi) is 7.60. The molecule has 1 fully saturated rings. The van der Waals surface area contributed by atoms with Crippen LogP contribution in [0.4, 0.5) is 0 Å². The molecule has 0 saturated carbocycles. The Labute approximate surface area is 193 Å². The second kappa shape index (κ2) is 10.4. The maximum absolute atomic E-state index is 13.0. The van der Waals surface area contributed by atoms with Crippen molar-refractivity contribution < 1.29 is 34.0 Å². The highest BCUT2D eigenvalue weighted by molar-refractivity contribution is 6.46. The molecule has 1 atom stereocenters. The second-order valence-electron chi connectivity index (χ2n) is 7.96. The molecule has 8 nitrogen and oxygen atoms in total. The van der Waals surface area contributed by atoms with Crippen molar-refractivity contribution in [2.75, 3.05) is 27.4 Å². The largest absolute Gasteiger partial charge is 0.507 e. The fraction of sp³-hybridized carbons (Fsp3) is 0.360. The lowest BCUT2D eigenvalue weighted by molar-refractivity contribution is -0.140. The number of hydrogen-bond donors (Lipinski definition) is 2. The lowest BCUT2D eigenvalue weighted by atomic mass is 9.95. The van der Waals surface area contributed by atoms with Crippen molar-refractivity contribution in [2.45, 2.75) is 32.4 Å². The number of aromatic hydroxyl groups is 1. The van der Waals surface area contributed by atoms with Gasteiger partial charge in [0.2, 0.25) is 0 Å². The fourth-order valence-corrected chi connectivity index (χ4v) is 3.82. The summed E-state index contributed by atoms with van der Waals surface area (Å²) in [6.45, 7) is 4.48. The molecule has 0 radical (unpaired) electrons. The van der Waals surface area contributed by atoms with Crippen molar-refractivity contribution in [2.24, 2.45) is 0 Å². The maximum Gasteiger partial charge on any atom is 0.295 e. The number of carbonyl (C=O) groups is 2. The van der Waals surface area contributed by atoms with E-state index < -0.39 is 17.7 Å². The highest BCUT2D eigenvalue weighted by Crippen LogP contribution is 2.41. The van der Waals surface area contributed by atoms with E-state index in [1.54, 1.807) is 43.5 Å². The molecule has 1 heterocycles. The highest BCUT2D eigenvalue weighted by atomic mass is 16.5. The zero-order chi connectivity index (χ0) is 24.1.